The van der Waals surface area contributed by atoms with Crippen LogP contribution in [0.1, 0.15) is 38.1 Å². The Morgan fingerprint density at radius 1 is 1.18 bits per heavy atom. The van der Waals surface area contributed by atoms with E-state index in [9.17, 15) is 27.6 Å². The van der Waals surface area contributed by atoms with Gasteiger partial charge in [-0.05, 0) is 33.8 Å². The summed E-state index contributed by atoms with van der Waals surface area (Å²) in [5, 5.41) is -0.598. The number of nitrogens with zero attached hydrogens (tertiary/aromatic N) is 1. The molecule has 152 valence electrons. The molecule has 0 fully saturated rings. The first-order valence-electron chi connectivity index (χ1n) is 8.32. The van der Waals surface area contributed by atoms with E-state index in [-0.39, 0.29) is 6.61 Å². The Bertz CT molecular complexity index is 996. The van der Waals surface area contributed by atoms with Gasteiger partial charge in [-0.2, -0.15) is 0 Å². The van der Waals surface area contributed by atoms with E-state index in [1.807, 2.05) is 0 Å². The Balaban J connectivity index is 2.60. The van der Waals surface area contributed by atoms with Gasteiger partial charge in [-0.1, -0.05) is 0 Å². The second kappa shape index (κ2) is 7.91. The molecule has 0 bridgehead atoms. The maximum absolute atomic E-state index is 14.3. The van der Waals surface area contributed by atoms with Crippen molar-refractivity contribution in [3.63, 3.8) is 0 Å². The molecule has 1 aromatic carbocycles. The van der Waals surface area contributed by atoms with E-state index >= 15 is 0 Å². The molecule has 0 spiro atoms. The van der Waals surface area contributed by atoms with E-state index in [0.717, 1.165) is 10.9 Å². The van der Waals surface area contributed by atoms with Gasteiger partial charge >= 0.3 is 11.9 Å². The van der Waals surface area contributed by atoms with Crippen molar-refractivity contribution in [1.29, 1.82) is 0 Å². The van der Waals surface area contributed by atoms with Crippen molar-refractivity contribution < 1.29 is 32.2 Å². The monoisotopic (exact) mass is 400 g/mol. The molecule has 28 heavy (non-hydrogen) atoms. The highest BCUT2D eigenvalue weighted by Gasteiger charge is 2.24. The van der Waals surface area contributed by atoms with Crippen LogP contribution in [-0.2, 0) is 14.3 Å². The van der Waals surface area contributed by atoms with Crippen molar-refractivity contribution >= 4 is 22.8 Å². The van der Waals surface area contributed by atoms with Crippen LogP contribution in [0.25, 0.3) is 10.9 Å². The molecule has 2 rings (SSSR count). The Morgan fingerprint density at radius 3 is 2.39 bits per heavy atom. The molecule has 1 N–H and O–H groups in total. The highest BCUT2D eigenvalue weighted by molar-refractivity contribution is 5.94. The minimum absolute atomic E-state index is 0.0478. The largest absolute Gasteiger partial charge is 0.462 e. The van der Waals surface area contributed by atoms with Gasteiger partial charge in [-0.3, -0.25) is 14.3 Å². The molecule has 0 atom stereocenters. The van der Waals surface area contributed by atoms with Gasteiger partial charge in [-0.15, -0.1) is 0 Å². The van der Waals surface area contributed by atoms with E-state index in [1.165, 1.54) is 6.92 Å². The van der Waals surface area contributed by atoms with Crippen LogP contribution >= 0.6 is 0 Å². The first kappa shape index (κ1) is 21.3. The molecular formula is C18H19F3N2O5. The Morgan fingerprint density at radius 2 is 1.82 bits per heavy atom. The summed E-state index contributed by atoms with van der Waals surface area (Å²) in [5.41, 5.74) is -0.614. The SMILES string of the molecule is CCOC(=O)c1cn(NCC(=O)OC(C)(C)C)c2c(F)c(F)c(F)cc2c1=O. The zero-order chi connectivity index (χ0) is 21.2. The summed E-state index contributed by atoms with van der Waals surface area (Å²) in [6.07, 6.45) is 0.855. The average molecular weight is 400 g/mol. The molecule has 0 aliphatic heterocycles. The number of fused-ring (bicyclic) bond motifs is 1. The molecule has 7 nitrogen and oxygen atoms in total. The standard InChI is InChI=1S/C18H19F3N2O5/c1-5-27-17(26)10-8-23(22-7-12(24)28-18(2,3)4)15-9(16(10)25)6-11(19)13(20)14(15)21/h6,8,22H,5,7H2,1-4H3. The molecule has 0 saturated carbocycles. The summed E-state index contributed by atoms with van der Waals surface area (Å²) in [5.74, 6) is -6.82. The summed E-state index contributed by atoms with van der Waals surface area (Å²) in [6, 6.07) is 0.477. The molecule has 1 heterocycles. The fraction of sp³-hybridized carbons (Fsp3) is 0.389. The van der Waals surface area contributed by atoms with Crippen LogP contribution in [0, 0.1) is 17.5 Å². The van der Waals surface area contributed by atoms with Gasteiger partial charge in [0.25, 0.3) is 0 Å². The number of carbonyl (C=O) groups is 2. The number of ether oxygens (including phenoxy) is 2. The lowest BCUT2D eigenvalue weighted by Gasteiger charge is -2.21. The topological polar surface area (TPSA) is 86.6 Å². The first-order chi connectivity index (χ1) is 13.0. The zero-order valence-electron chi connectivity index (χ0n) is 15.7. The number of benzene rings is 1. The van der Waals surface area contributed by atoms with Gasteiger partial charge in [0.2, 0.25) is 5.43 Å². The maximum Gasteiger partial charge on any atom is 0.343 e. The second-order valence-electron chi connectivity index (χ2n) is 6.77. The highest BCUT2D eigenvalue weighted by Crippen LogP contribution is 2.21. The highest BCUT2D eigenvalue weighted by atomic mass is 19.2. The quantitative estimate of drug-likeness (QED) is 0.613. The third-order valence-electron chi connectivity index (χ3n) is 3.43. The van der Waals surface area contributed by atoms with Crippen molar-refractivity contribution in [1.82, 2.24) is 4.68 Å². The number of rotatable bonds is 5. The zero-order valence-corrected chi connectivity index (χ0v) is 15.7. The van der Waals surface area contributed by atoms with Crippen LogP contribution in [-0.4, -0.2) is 35.4 Å². The number of aromatic nitrogens is 1. The van der Waals surface area contributed by atoms with Crippen LogP contribution in [0.4, 0.5) is 13.2 Å². The van der Waals surface area contributed by atoms with Gasteiger partial charge in [-0.25, -0.2) is 18.0 Å². The van der Waals surface area contributed by atoms with E-state index < -0.39 is 63.4 Å². The van der Waals surface area contributed by atoms with Crippen molar-refractivity contribution in [2.24, 2.45) is 0 Å². The van der Waals surface area contributed by atoms with Crippen molar-refractivity contribution in [3.05, 3.63) is 45.5 Å². The third kappa shape index (κ3) is 4.44. The molecule has 0 radical (unpaired) electrons. The number of pyridine rings is 1. The normalized spacial score (nSPS) is 11.4. The van der Waals surface area contributed by atoms with Crippen molar-refractivity contribution in [3.8, 4) is 0 Å². The van der Waals surface area contributed by atoms with Gasteiger partial charge in [0, 0.05) is 6.20 Å². The van der Waals surface area contributed by atoms with Crippen molar-refractivity contribution in [2.45, 2.75) is 33.3 Å². The van der Waals surface area contributed by atoms with Crippen LogP contribution in [0.5, 0.6) is 0 Å². The van der Waals surface area contributed by atoms with E-state index in [4.69, 9.17) is 9.47 Å². The van der Waals surface area contributed by atoms with Crippen LogP contribution < -0.4 is 10.9 Å². The molecule has 0 unspecified atom stereocenters. The minimum atomic E-state index is -1.80. The minimum Gasteiger partial charge on any atom is -0.462 e. The number of carbonyl (C=O) groups excluding carboxylic acids is 2. The number of hydrogen-bond acceptors (Lipinski definition) is 6. The van der Waals surface area contributed by atoms with Crippen LogP contribution in [0.15, 0.2) is 17.1 Å². The average Bonchev–Trinajstić information content (AvgIpc) is 2.58. The Hall–Kier alpha value is -3.04. The molecule has 1 aromatic heterocycles. The number of esters is 2. The fourth-order valence-corrected chi connectivity index (χ4v) is 2.40. The predicted octanol–water partition coefficient (Wildman–Crippen LogP) is 2.48. The summed E-state index contributed by atoms with van der Waals surface area (Å²) in [6.45, 7) is 5.86. The summed E-state index contributed by atoms with van der Waals surface area (Å²) >= 11 is 0. The smallest absolute Gasteiger partial charge is 0.343 e. The van der Waals surface area contributed by atoms with Crippen molar-refractivity contribution in [2.75, 3.05) is 18.6 Å². The number of halogens is 3. The third-order valence-corrected chi connectivity index (χ3v) is 3.43. The summed E-state index contributed by atoms with van der Waals surface area (Å²) < 4.78 is 52.3. The molecule has 0 saturated heterocycles. The number of hydrogen-bond donors (Lipinski definition) is 1. The molecule has 0 aliphatic rings. The van der Waals surface area contributed by atoms with Gasteiger partial charge < -0.3 is 14.9 Å². The number of nitrogens with one attached hydrogen (secondary N) is 1. The van der Waals surface area contributed by atoms with E-state index in [0.29, 0.717) is 6.07 Å². The lowest BCUT2D eigenvalue weighted by Crippen LogP contribution is -2.32. The van der Waals surface area contributed by atoms with E-state index in [2.05, 4.69) is 5.43 Å². The van der Waals surface area contributed by atoms with Crippen LogP contribution in [0.3, 0.4) is 0 Å². The fourth-order valence-electron chi connectivity index (χ4n) is 2.40. The molecule has 0 amide bonds. The Labute approximate surface area is 158 Å². The molecule has 10 heteroatoms. The lowest BCUT2D eigenvalue weighted by molar-refractivity contribution is -0.152. The summed E-state index contributed by atoms with van der Waals surface area (Å²) in [4.78, 5) is 36.3. The van der Waals surface area contributed by atoms with E-state index in [1.54, 1.807) is 20.8 Å². The molecule has 2 aromatic rings. The maximum atomic E-state index is 14.3. The van der Waals surface area contributed by atoms with Gasteiger partial charge in [0.05, 0.1) is 12.0 Å². The first-order valence-corrected chi connectivity index (χ1v) is 8.32. The second-order valence-corrected chi connectivity index (χ2v) is 6.77. The predicted molar refractivity (Wildman–Crippen MR) is 94.1 cm³/mol. The van der Waals surface area contributed by atoms with Gasteiger partial charge in [0.1, 0.15) is 23.2 Å². The Kier molecular flexibility index (Phi) is 6.01. The lowest BCUT2D eigenvalue weighted by atomic mass is 10.1. The summed E-state index contributed by atoms with van der Waals surface area (Å²) in [7, 11) is 0. The molecular weight excluding hydrogens is 381 g/mol. The van der Waals surface area contributed by atoms with Gasteiger partial charge in [0.15, 0.2) is 17.5 Å². The molecule has 0 aliphatic carbocycles. The van der Waals surface area contributed by atoms with Crippen LogP contribution in [0.2, 0.25) is 0 Å².